The molecule has 1 heterocycles. The molecule has 106 valence electrons. The molecule has 2 aromatic carbocycles. The molecule has 0 spiro atoms. The Hall–Kier alpha value is -2.55. The van der Waals surface area contributed by atoms with Gasteiger partial charge in [-0.15, -0.1) is 0 Å². The van der Waals surface area contributed by atoms with E-state index in [2.05, 4.69) is 28.5 Å². The number of ether oxygens (including phenoxy) is 1. The van der Waals surface area contributed by atoms with Gasteiger partial charge in [0.1, 0.15) is 5.75 Å². The van der Waals surface area contributed by atoms with Gasteiger partial charge in [-0.05, 0) is 30.0 Å². The summed E-state index contributed by atoms with van der Waals surface area (Å²) in [6.45, 7) is 3.41. The summed E-state index contributed by atoms with van der Waals surface area (Å²) in [7, 11) is 0. The van der Waals surface area contributed by atoms with Gasteiger partial charge in [-0.2, -0.15) is 0 Å². The highest BCUT2D eigenvalue weighted by Gasteiger charge is 2.02. The van der Waals surface area contributed by atoms with Crippen molar-refractivity contribution in [2.24, 2.45) is 0 Å². The maximum Gasteiger partial charge on any atom is 0.121 e. The second-order valence-electron chi connectivity index (χ2n) is 4.83. The summed E-state index contributed by atoms with van der Waals surface area (Å²) < 4.78 is 5.52. The van der Waals surface area contributed by atoms with Crippen molar-refractivity contribution in [3.05, 3.63) is 66.5 Å². The molecule has 0 saturated carbocycles. The molecule has 0 amide bonds. The van der Waals surface area contributed by atoms with Crippen LogP contribution in [0.2, 0.25) is 0 Å². The van der Waals surface area contributed by atoms with Crippen LogP contribution in [0.25, 0.3) is 10.8 Å². The molecule has 0 bridgehead atoms. The summed E-state index contributed by atoms with van der Waals surface area (Å²) >= 11 is 0. The van der Waals surface area contributed by atoms with Crippen LogP contribution in [-0.4, -0.2) is 11.6 Å². The van der Waals surface area contributed by atoms with E-state index in [-0.39, 0.29) is 0 Å². The van der Waals surface area contributed by atoms with Gasteiger partial charge < -0.3 is 10.1 Å². The Bertz CT molecular complexity index is 735. The van der Waals surface area contributed by atoms with Crippen molar-refractivity contribution < 1.29 is 4.74 Å². The van der Waals surface area contributed by atoms with Crippen molar-refractivity contribution in [1.29, 1.82) is 0 Å². The fourth-order valence-electron chi connectivity index (χ4n) is 2.38. The fourth-order valence-corrected chi connectivity index (χ4v) is 2.38. The first kappa shape index (κ1) is 13.4. The Kier molecular flexibility index (Phi) is 4.01. The minimum atomic E-state index is 0.677. The van der Waals surface area contributed by atoms with Gasteiger partial charge in [0, 0.05) is 36.1 Å². The number of anilines is 1. The van der Waals surface area contributed by atoms with Crippen molar-refractivity contribution in [2.75, 3.05) is 11.9 Å². The lowest BCUT2D eigenvalue weighted by Gasteiger charge is -2.10. The van der Waals surface area contributed by atoms with Crippen LogP contribution in [0.3, 0.4) is 0 Å². The molecule has 0 atom stereocenters. The second-order valence-corrected chi connectivity index (χ2v) is 4.83. The van der Waals surface area contributed by atoms with E-state index < -0.39 is 0 Å². The monoisotopic (exact) mass is 278 g/mol. The zero-order valence-electron chi connectivity index (χ0n) is 12.0. The summed E-state index contributed by atoms with van der Waals surface area (Å²) in [5.74, 6) is 0.888. The predicted molar refractivity (Wildman–Crippen MR) is 86.7 cm³/mol. The van der Waals surface area contributed by atoms with Crippen LogP contribution in [-0.2, 0) is 6.54 Å². The van der Waals surface area contributed by atoms with E-state index in [9.17, 15) is 0 Å². The lowest BCUT2D eigenvalue weighted by Crippen LogP contribution is -2.01. The first-order valence-corrected chi connectivity index (χ1v) is 7.15. The van der Waals surface area contributed by atoms with Crippen LogP contribution in [0.5, 0.6) is 5.75 Å². The van der Waals surface area contributed by atoms with Gasteiger partial charge in [-0.25, -0.2) is 0 Å². The third-order valence-electron chi connectivity index (χ3n) is 3.38. The molecule has 0 saturated heterocycles. The molecule has 3 rings (SSSR count). The summed E-state index contributed by atoms with van der Waals surface area (Å²) in [6, 6.07) is 16.3. The maximum absolute atomic E-state index is 5.52. The van der Waals surface area contributed by atoms with E-state index in [1.165, 1.54) is 16.3 Å². The molecule has 3 heteroatoms. The molecular weight excluding hydrogens is 260 g/mol. The summed E-state index contributed by atoms with van der Waals surface area (Å²) in [4.78, 5) is 4.31. The van der Waals surface area contributed by atoms with Gasteiger partial charge >= 0.3 is 0 Å². The molecule has 0 radical (unpaired) electrons. The highest BCUT2D eigenvalue weighted by Crippen LogP contribution is 2.21. The molecule has 21 heavy (non-hydrogen) atoms. The van der Waals surface area contributed by atoms with Crippen molar-refractivity contribution in [1.82, 2.24) is 4.98 Å². The van der Waals surface area contributed by atoms with E-state index in [1.807, 2.05) is 49.6 Å². The van der Waals surface area contributed by atoms with Crippen LogP contribution >= 0.6 is 0 Å². The Balaban J connectivity index is 1.79. The van der Waals surface area contributed by atoms with Crippen molar-refractivity contribution >= 4 is 16.5 Å². The average Bonchev–Trinajstić information content (AvgIpc) is 2.53. The van der Waals surface area contributed by atoms with E-state index in [0.717, 1.165) is 18.0 Å². The largest absolute Gasteiger partial charge is 0.494 e. The van der Waals surface area contributed by atoms with E-state index >= 15 is 0 Å². The lowest BCUT2D eigenvalue weighted by atomic mass is 10.1. The Morgan fingerprint density at radius 2 is 1.95 bits per heavy atom. The number of hydrogen-bond donors (Lipinski definition) is 1. The normalized spacial score (nSPS) is 10.5. The van der Waals surface area contributed by atoms with Crippen molar-refractivity contribution in [3.63, 3.8) is 0 Å². The second kappa shape index (κ2) is 6.27. The average molecular weight is 278 g/mol. The molecule has 3 aromatic rings. The van der Waals surface area contributed by atoms with Gasteiger partial charge in [0.15, 0.2) is 0 Å². The molecule has 1 N–H and O–H groups in total. The zero-order valence-corrected chi connectivity index (χ0v) is 12.0. The number of nitrogens with zero attached hydrogens (tertiary/aromatic N) is 1. The number of benzene rings is 2. The van der Waals surface area contributed by atoms with Crippen LogP contribution in [0.1, 0.15) is 12.5 Å². The fraction of sp³-hybridized carbons (Fsp3) is 0.167. The van der Waals surface area contributed by atoms with E-state index in [0.29, 0.717) is 6.61 Å². The molecule has 0 aliphatic heterocycles. The number of aromatic nitrogens is 1. The van der Waals surface area contributed by atoms with Crippen LogP contribution in [0.4, 0.5) is 5.69 Å². The number of rotatable bonds is 5. The molecule has 1 aromatic heterocycles. The Labute approximate surface area is 124 Å². The standard InChI is InChI=1S/C18H18N2O/c1-2-21-17-8-5-7-16(10-17)20-13-15-12-19-11-14-6-3-4-9-18(14)15/h3-12,20H,2,13H2,1H3. The summed E-state index contributed by atoms with van der Waals surface area (Å²) in [5.41, 5.74) is 2.24. The summed E-state index contributed by atoms with van der Waals surface area (Å²) in [5, 5.41) is 5.84. The third-order valence-corrected chi connectivity index (χ3v) is 3.38. The smallest absolute Gasteiger partial charge is 0.121 e. The SMILES string of the molecule is CCOc1cccc(NCc2cncc3ccccc23)c1. The number of nitrogens with one attached hydrogen (secondary N) is 1. The van der Waals surface area contributed by atoms with Gasteiger partial charge in [-0.3, -0.25) is 4.98 Å². The zero-order chi connectivity index (χ0) is 14.5. The van der Waals surface area contributed by atoms with Gasteiger partial charge in [0.05, 0.1) is 6.61 Å². The Morgan fingerprint density at radius 1 is 1.05 bits per heavy atom. The van der Waals surface area contributed by atoms with Gasteiger partial charge in [0.2, 0.25) is 0 Å². The molecule has 0 fully saturated rings. The third kappa shape index (κ3) is 3.14. The Morgan fingerprint density at radius 3 is 2.86 bits per heavy atom. The molecule has 0 unspecified atom stereocenters. The van der Waals surface area contributed by atoms with Gasteiger partial charge in [0.25, 0.3) is 0 Å². The van der Waals surface area contributed by atoms with Crippen LogP contribution < -0.4 is 10.1 Å². The number of fused-ring (bicyclic) bond motifs is 1. The maximum atomic E-state index is 5.52. The minimum Gasteiger partial charge on any atom is -0.494 e. The molecule has 3 nitrogen and oxygen atoms in total. The van der Waals surface area contributed by atoms with E-state index in [1.54, 1.807) is 0 Å². The first-order chi connectivity index (χ1) is 10.4. The van der Waals surface area contributed by atoms with Gasteiger partial charge in [-0.1, -0.05) is 30.3 Å². The van der Waals surface area contributed by atoms with Crippen molar-refractivity contribution in [3.8, 4) is 5.75 Å². The first-order valence-electron chi connectivity index (χ1n) is 7.15. The lowest BCUT2D eigenvalue weighted by molar-refractivity contribution is 0.340. The molecule has 0 aliphatic rings. The van der Waals surface area contributed by atoms with Crippen molar-refractivity contribution in [2.45, 2.75) is 13.5 Å². The number of hydrogen-bond acceptors (Lipinski definition) is 3. The van der Waals surface area contributed by atoms with E-state index in [4.69, 9.17) is 4.74 Å². The molecule has 0 aliphatic carbocycles. The molecular formula is C18H18N2O. The topological polar surface area (TPSA) is 34.1 Å². The predicted octanol–water partition coefficient (Wildman–Crippen LogP) is 4.25. The highest BCUT2D eigenvalue weighted by atomic mass is 16.5. The highest BCUT2D eigenvalue weighted by molar-refractivity contribution is 5.84. The minimum absolute atomic E-state index is 0.677. The van der Waals surface area contributed by atoms with Crippen LogP contribution in [0.15, 0.2) is 60.9 Å². The van der Waals surface area contributed by atoms with Crippen LogP contribution in [0, 0.1) is 0 Å². The number of pyridine rings is 1. The summed E-state index contributed by atoms with van der Waals surface area (Å²) in [6.07, 6.45) is 3.82. The quantitative estimate of drug-likeness (QED) is 0.757.